The molecule has 4 N–H and O–H groups in total. The van der Waals surface area contributed by atoms with E-state index in [-0.39, 0.29) is 0 Å². The fourth-order valence-corrected chi connectivity index (χ4v) is 1.71. The molecule has 0 saturated heterocycles. The molecule has 0 fully saturated rings. The Labute approximate surface area is 90.6 Å². The smallest absolute Gasteiger partial charge is 0.234 e. The van der Waals surface area contributed by atoms with Crippen LogP contribution in [0.25, 0.3) is 0 Å². The average molecular weight is 261 g/mol. The van der Waals surface area contributed by atoms with Gasteiger partial charge in [0, 0.05) is 13.5 Å². The van der Waals surface area contributed by atoms with Crippen molar-refractivity contribution in [2.75, 3.05) is 0 Å². The topological polar surface area (TPSA) is 86.9 Å². The summed E-state index contributed by atoms with van der Waals surface area (Å²) in [6.45, 7) is 1.88. The Balaban J connectivity index is 2.91. The van der Waals surface area contributed by atoms with Crippen LogP contribution in [0.15, 0.2) is 4.47 Å². The van der Waals surface area contributed by atoms with E-state index in [9.17, 15) is 4.79 Å². The van der Waals surface area contributed by atoms with Crippen LogP contribution in [-0.4, -0.2) is 21.7 Å². The minimum Gasteiger partial charge on any atom is -0.368 e. The molecule has 14 heavy (non-hydrogen) atoms. The summed E-state index contributed by atoms with van der Waals surface area (Å²) in [5.74, 6) is -0.504. The minimum absolute atomic E-state index is 0.396. The fraction of sp³-hybridized carbons (Fsp3) is 0.500. The van der Waals surface area contributed by atoms with Crippen molar-refractivity contribution in [1.82, 2.24) is 9.78 Å². The highest BCUT2D eigenvalue weighted by atomic mass is 79.9. The van der Waals surface area contributed by atoms with E-state index in [1.165, 1.54) is 0 Å². The third-order valence-corrected chi connectivity index (χ3v) is 3.07. The van der Waals surface area contributed by atoms with Gasteiger partial charge in [-0.1, -0.05) is 0 Å². The molecule has 1 amide bonds. The fourth-order valence-electron chi connectivity index (χ4n) is 1.21. The summed E-state index contributed by atoms with van der Waals surface area (Å²) in [4.78, 5) is 10.8. The molecular weight excluding hydrogens is 248 g/mol. The summed E-state index contributed by atoms with van der Waals surface area (Å²) >= 11 is 3.39. The highest BCUT2D eigenvalue weighted by Gasteiger charge is 2.17. The maximum atomic E-state index is 10.8. The van der Waals surface area contributed by atoms with Gasteiger partial charge in [-0.15, -0.1) is 0 Å². The van der Waals surface area contributed by atoms with E-state index in [1.54, 1.807) is 11.7 Å². The first kappa shape index (κ1) is 11.2. The second-order valence-electron chi connectivity index (χ2n) is 3.18. The lowest BCUT2D eigenvalue weighted by atomic mass is 10.1. The lowest BCUT2D eigenvalue weighted by Crippen LogP contribution is -2.38. The predicted molar refractivity (Wildman–Crippen MR) is 56.5 cm³/mol. The van der Waals surface area contributed by atoms with Crippen molar-refractivity contribution in [2.24, 2.45) is 18.5 Å². The molecule has 1 aromatic rings. The van der Waals surface area contributed by atoms with Gasteiger partial charge in [0.05, 0.1) is 21.9 Å². The number of nitrogens with zero attached hydrogens (tertiary/aromatic N) is 2. The normalized spacial score (nSPS) is 12.9. The van der Waals surface area contributed by atoms with Crippen molar-refractivity contribution in [3.63, 3.8) is 0 Å². The monoisotopic (exact) mass is 260 g/mol. The molecule has 0 aliphatic heterocycles. The molecule has 5 nitrogen and oxygen atoms in total. The number of hydrogen-bond donors (Lipinski definition) is 2. The molecule has 6 heteroatoms. The lowest BCUT2D eigenvalue weighted by molar-refractivity contribution is -0.119. The quantitative estimate of drug-likeness (QED) is 0.793. The van der Waals surface area contributed by atoms with Gasteiger partial charge in [0.25, 0.3) is 0 Å². The van der Waals surface area contributed by atoms with Crippen molar-refractivity contribution in [2.45, 2.75) is 19.4 Å². The zero-order chi connectivity index (χ0) is 10.9. The van der Waals surface area contributed by atoms with Crippen molar-refractivity contribution in [3.8, 4) is 0 Å². The molecule has 0 aromatic carbocycles. The van der Waals surface area contributed by atoms with Gasteiger partial charge in [0.2, 0.25) is 5.91 Å². The van der Waals surface area contributed by atoms with Crippen LogP contribution in [0.2, 0.25) is 0 Å². The molecule has 1 atom stereocenters. The van der Waals surface area contributed by atoms with E-state index in [4.69, 9.17) is 11.5 Å². The zero-order valence-corrected chi connectivity index (χ0v) is 9.71. The van der Waals surface area contributed by atoms with Crippen LogP contribution in [0, 0.1) is 6.92 Å². The van der Waals surface area contributed by atoms with E-state index < -0.39 is 11.9 Å². The van der Waals surface area contributed by atoms with Gasteiger partial charge < -0.3 is 11.5 Å². The number of primary amides is 1. The van der Waals surface area contributed by atoms with E-state index in [1.807, 2.05) is 6.92 Å². The van der Waals surface area contributed by atoms with Gasteiger partial charge in [0.15, 0.2) is 0 Å². The summed E-state index contributed by atoms with van der Waals surface area (Å²) < 4.78 is 2.58. The molecule has 0 aliphatic rings. The average Bonchev–Trinajstić information content (AvgIpc) is 2.32. The summed E-state index contributed by atoms with van der Waals surface area (Å²) in [6.07, 6.45) is 0.396. The molecule has 0 aliphatic carbocycles. The first-order valence-corrected chi connectivity index (χ1v) is 4.95. The molecule has 1 unspecified atom stereocenters. The van der Waals surface area contributed by atoms with Crippen molar-refractivity contribution < 1.29 is 4.79 Å². The summed E-state index contributed by atoms with van der Waals surface area (Å²) in [6, 6.07) is -0.666. The first-order chi connectivity index (χ1) is 6.43. The van der Waals surface area contributed by atoms with Crippen LogP contribution in [0.1, 0.15) is 11.4 Å². The third-order valence-electron chi connectivity index (χ3n) is 2.04. The second-order valence-corrected chi connectivity index (χ2v) is 3.98. The molecule has 0 radical (unpaired) electrons. The molecule has 0 spiro atoms. The van der Waals surface area contributed by atoms with E-state index in [0.29, 0.717) is 6.42 Å². The van der Waals surface area contributed by atoms with Crippen LogP contribution >= 0.6 is 15.9 Å². The minimum atomic E-state index is -0.666. The number of rotatable bonds is 3. The van der Waals surface area contributed by atoms with Crippen molar-refractivity contribution >= 4 is 21.8 Å². The standard InChI is InChI=1S/C8H13BrN4O/c1-4-7(9)6(13(2)12-4)3-5(10)8(11)14/h5H,3,10H2,1-2H3,(H2,11,14). The summed E-state index contributed by atoms with van der Waals surface area (Å²) in [5.41, 5.74) is 12.4. The Bertz CT molecular complexity index is 360. The number of halogens is 1. The summed E-state index contributed by atoms with van der Waals surface area (Å²) in [5, 5.41) is 4.19. The maximum absolute atomic E-state index is 10.8. The van der Waals surface area contributed by atoms with Gasteiger partial charge >= 0.3 is 0 Å². The number of carbonyl (C=O) groups excluding carboxylic acids is 1. The highest BCUT2D eigenvalue weighted by molar-refractivity contribution is 9.10. The number of amides is 1. The third kappa shape index (κ3) is 2.13. The molecular formula is C8H13BrN4O. The Morgan fingerprint density at radius 2 is 2.29 bits per heavy atom. The largest absolute Gasteiger partial charge is 0.368 e. The van der Waals surface area contributed by atoms with Crippen LogP contribution in [0.4, 0.5) is 0 Å². The number of hydrogen-bond acceptors (Lipinski definition) is 3. The van der Waals surface area contributed by atoms with Gasteiger partial charge in [0.1, 0.15) is 0 Å². The van der Waals surface area contributed by atoms with E-state index >= 15 is 0 Å². The molecule has 0 saturated carbocycles. The first-order valence-electron chi connectivity index (χ1n) is 4.16. The second kappa shape index (κ2) is 4.10. The Kier molecular flexibility index (Phi) is 3.28. The van der Waals surface area contributed by atoms with E-state index in [0.717, 1.165) is 15.9 Å². The maximum Gasteiger partial charge on any atom is 0.234 e. The van der Waals surface area contributed by atoms with Crippen molar-refractivity contribution in [1.29, 1.82) is 0 Å². The molecule has 1 heterocycles. The predicted octanol–water partition coefficient (Wildman–Crippen LogP) is -0.154. The highest BCUT2D eigenvalue weighted by Crippen LogP contribution is 2.20. The molecule has 78 valence electrons. The Hall–Kier alpha value is -0.880. The van der Waals surface area contributed by atoms with Crippen LogP contribution < -0.4 is 11.5 Å². The Morgan fingerprint density at radius 1 is 1.71 bits per heavy atom. The van der Waals surface area contributed by atoms with Gasteiger partial charge in [-0.2, -0.15) is 5.10 Å². The molecule has 0 bridgehead atoms. The van der Waals surface area contributed by atoms with Crippen LogP contribution in [0.3, 0.4) is 0 Å². The Morgan fingerprint density at radius 3 is 2.64 bits per heavy atom. The van der Waals surface area contributed by atoms with Crippen LogP contribution in [0.5, 0.6) is 0 Å². The zero-order valence-electron chi connectivity index (χ0n) is 8.12. The van der Waals surface area contributed by atoms with Gasteiger partial charge in [-0.05, 0) is 22.9 Å². The molecule has 1 rings (SSSR count). The number of carbonyl (C=O) groups is 1. The number of nitrogens with two attached hydrogens (primary N) is 2. The number of aryl methyl sites for hydroxylation is 2. The van der Waals surface area contributed by atoms with Gasteiger partial charge in [-0.3, -0.25) is 9.48 Å². The van der Waals surface area contributed by atoms with E-state index in [2.05, 4.69) is 21.0 Å². The van der Waals surface area contributed by atoms with Gasteiger partial charge in [-0.25, -0.2) is 0 Å². The summed E-state index contributed by atoms with van der Waals surface area (Å²) in [7, 11) is 1.81. The van der Waals surface area contributed by atoms with Crippen molar-refractivity contribution in [3.05, 3.63) is 15.9 Å². The van der Waals surface area contributed by atoms with Crippen LogP contribution in [-0.2, 0) is 18.3 Å². The SMILES string of the molecule is Cc1nn(C)c(CC(N)C(N)=O)c1Br. The number of aromatic nitrogens is 2. The lowest BCUT2D eigenvalue weighted by Gasteiger charge is -2.07. The molecule has 1 aromatic heterocycles.